The maximum Gasteiger partial charge on any atom is 0.416 e. The fourth-order valence-electron chi connectivity index (χ4n) is 1.78. The molecule has 2 nitrogen and oxygen atoms in total. The highest BCUT2D eigenvalue weighted by atomic mass is 19.4. The molecule has 0 saturated carbocycles. The lowest BCUT2D eigenvalue weighted by Crippen LogP contribution is -2.05. The van der Waals surface area contributed by atoms with Gasteiger partial charge in [-0.05, 0) is 48.4 Å². The van der Waals surface area contributed by atoms with E-state index in [1.54, 1.807) is 25.1 Å². The molecule has 0 aliphatic carbocycles. The Bertz CT molecular complexity index is 591. The van der Waals surface area contributed by atoms with Crippen LogP contribution in [0.1, 0.15) is 16.7 Å². The summed E-state index contributed by atoms with van der Waals surface area (Å²) in [5.74, 6) is 0.213. The summed E-state index contributed by atoms with van der Waals surface area (Å²) in [5.41, 5.74) is 1.65. The zero-order valence-corrected chi connectivity index (χ0v) is 10.8. The molecule has 0 atom stereocenters. The third-order valence-electron chi connectivity index (χ3n) is 2.97. The quantitative estimate of drug-likeness (QED) is 0.821. The average Bonchev–Trinajstić information content (AvgIpc) is 2.40. The van der Waals surface area contributed by atoms with Gasteiger partial charge in [-0.2, -0.15) is 13.2 Å². The second kappa shape index (κ2) is 5.45. The van der Waals surface area contributed by atoms with Crippen LogP contribution in [0.15, 0.2) is 42.5 Å². The Hall–Kier alpha value is -2.17. The third-order valence-corrected chi connectivity index (χ3v) is 2.97. The van der Waals surface area contributed by atoms with Crippen LogP contribution in [0.5, 0.6) is 5.75 Å². The Labute approximate surface area is 114 Å². The molecule has 0 unspecified atom stereocenters. The Kier molecular flexibility index (Phi) is 3.88. The Morgan fingerprint density at radius 3 is 2.25 bits per heavy atom. The number of aromatic hydroxyl groups is 1. The molecule has 5 heteroatoms. The number of phenols is 1. The average molecular weight is 281 g/mol. The second-order valence-electron chi connectivity index (χ2n) is 4.55. The number of benzene rings is 2. The number of rotatable bonds is 3. The van der Waals surface area contributed by atoms with E-state index in [9.17, 15) is 18.3 Å². The zero-order chi connectivity index (χ0) is 14.8. The van der Waals surface area contributed by atoms with Gasteiger partial charge in [-0.1, -0.05) is 12.1 Å². The van der Waals surface area contributed by atoms with Crippen LogP contribution >= 0.6 is 0 Å². The van der Waals surface area contributed by atoms with Crippen molar-refractivity contribution in [1.82, 2.24) is 0 Å². The SMILES string of the molecule is Cc1cc(NCc2ccc(C(F)(F)F)cc2)ccc1O. The fourth-order valence-corrected chi connectivity index (χ4v) is 1.78. The molecule has 0 aromatic heterocycles. The van der Waals surface area contributed by atoms with Gasteiger partial charge in [0, 0.05) is 12.2 Å². The molecule has 20 heavy (non-hydrogen) atoms. The van der Waals surface area contributed by atoms with E-state index in [4.69, 9.17) is 0 Å². The highest BCUT2D eigenvalue weighted by Crippen LogP contribution is 2.29. The van der Waals surface area contributed by atoms with Gasteiger partial charge in [0.05, 0.1) is 5.56 Å². The highest BCUT2D eigenvalue weighted by Gasteiger charge is 2.29. The molecule has 0 bridgehead atoms. The summed E-state index contributed by atoms with van der Waals surface area (Å²) in [6.07, 6.45) is -4.31. The Balaban J connectivity index is 2.02. The van der Waals surface area contributed by atoms with Crippen LogP contribution in [0.4, 0.5) is 18.9 Å². The summed E-state index contributed by atoms with van der Waals surface area (Å²) >= 11 is 0. The number of halogens is 3. The molecule has 0 aliphatic heterocycles. The van der Waals surface area contributed by atoms with Gasteiger partial charge in [0.1, 0.15) is 5.75 Å². The van der Waals surface area contributed by atoms with E-state index in [2.05, 4.69) is 5.32 Å². The minimum Gasteiger partial charge on any atom is -0.508 e. The van der Waals surface area contributed by atoms with Gasteiger partial charge in [0.15, 0.2) is 0 Å². The largest absolute Gasteiger partial charge is 0.508 e. The van der Waals surface area contributed by atoms with Gasteiger partial charge in [0.2, 0.25) is 0 Å². The number of alkyl halides is 3. The van der Waals surface area contributed by atoms with Gasteiger partial charge in [0.25, 0.3) is 0 Å². The molecular weight excluding hydrogens is 267 g/mol. The van der Waals surface area contributed by atoms with E-state index in [0.717, 1.165) is 28.9 Å². The predicted molar refractivity (Wildman–Crippen MR) is 71.6 cm³/mol. The van der Waals surface area contributed by atoms with Crippen LogP contribution in [0.3, 0.4) is 0 Å². The molecule has 0 saturated heterocycles. The van der Waals surface area contributed by atoms with E-state index < -0.39 is 11.7 Å². The number of phenolic OH excluding ortho intramolecular Hbond substituents is 1. The molecule has 2 rings (SSSR count). The van der Waals surface area contributed by atoms with E-state index in [-0.39, 0.29) is 5.75 Å². The number of hydrogen-bond acceptors (Lipinski definition) is 2. The zero-order valence-electron chi connectivity index (χ0n) is 10.8. The predicted octanol–water partition coefficient (Wildman–Crippen LogP) is 4.33. The maximum atomic E-state index is 12.4. The van der Waals surface area contributed by atoms with Crippen molar-refractivity contribution in [3.05, 3.63) is 59.2 Å². The van der Waals surface area contributed by atoms with Crippen molar-refractivity contribution < 1.29 is 18.3 Å². The van der Waals surface area contributed by atoms with E-state index >= 15 is 0 Å². The Morgan fingerprint density at radius 2 is 1.70 bits per heavy atom. The van der Waals surface area contributed by atoms with Gasteiger partial charge < -0.3 is 10.4 Å². The second-order valence-corrected chi connectivity index (χ2v) is 4.55. The monoisotopic (exact) mass is 281 g/mol. The summed E-state index contributed by atoms with van der Waals surface area (Å²) in [6.45, 7) is 2.20. The third kappa shape index (κ3) is 3.44. The molecule has 0 spiro atoms. The molecular formula is C15H14F3NO. The molecule has 0 heterocycles. The van der Waals surface area contributed by atoms with Crippen LogP contribution < -0.4 is 5.32 Å². The van der Waals surface area contributed by atoms with Crippen molar-refractivity contribution in [2.45, 2.75) is 19.6 Å². The van der Waals surface area contributed by atoms with Crippen LogP contribution in [-0.4, -0.2) is 5.11 Å². The summed E-state index contributed by atoms with van der Waals surface area (Å²) in [7, 11) is 0. The number of nitrogens with one attached hydrogen (secondary N) is 1. The summed E-state index contributed by atoms with van der Waals surface area (Å²) < 4.78 is 37.2. The van der Waals surface area contributed by atoms with Crippen LogP contribution in [0.2, 0.25) is 0 Å². The van der Waals surface area contributed by atoms with Crippen molar-refractivity contribution in [3.63, 3.8) is 0 Å². The maximum absolute atomic E-state index is 12.4. The molecule has 0 amide bonds. The molecule has 0 aliphatic rings. The van der Waals surface area contributed by atoms with Crippen molar-refractivity contribution in [1.29, 1.82) is 0 Å². The lowest BCUT2D eigenvalue weighted by Gasteiger charge is -2.10. The smallest absolute Gasteiger partial charge is 0.416 e. The van der Waals surface area contributed by atoms with E-state index in [1.165, 1.54) is 12.1 Å². The minimum atomic E-state index is -4.31. The lowest BCUT2D eigenvalue weighted by atomic mass is 10.1. The first kappa shape index (κ1) is 14.2. The van der Waals surface area contributed by atoms with Gasteiger partial charge >= 0.3 is 6.18 Å². The minimum absolute atomic E-state index is 0.213. The van der Waals surface area contributed by atoms with Gasteiger partial charge in [-0.3, -0.25) is 0 Å². The van der Waals surface area contributed by atoms with Crippen molar-refractivity contribution >= 4 is 5.69 Å². The summed E-state index contributed by atoms with van der Waals surface area (Å²) in [6, 6.07) is 10.1. The number of aryl methyl sites for hydroxylation is 1. The number of anilines is 1. The normalized spacial score (nSPS) is 11.4. The fraction of sp³-hybridized carbons (Fsp3) is 0.200. The first-order chi connectivity index (χ1) is 9.36. The molecule has 106 valence electrons. The Morgan fingerprint density at radius 1 is 1.05 bits per heavy atom. The molecule has 2 N–H and O–H groups in total. The van der Waals surface area contributed by atoms with Crippen molar-refractivity contribution in [2.24, 2.45) is 0 Å². The molecule has 2 aromatic rings. The van der Waals surface area contributed by atoms with Crippen molar-refractivity contribution in [3.8, 4) is 5.75 Å². The first-order valence-corrected chi connectivity index (χ1v) is 6.06. The molecule has 0 radical (unpaired) electrons. The standard InChI is InChI=1S/C15H14F3NO/c1-10-8-13(6-7-14(10)20)19-9-11-2-4-12(5-3-11)15(16,17)18/h2-8,19-20H,9H2,1H3. The topological polar surface area (TPSA) is 32.3 Å². The lowest BCUT2D eigenvalue weighted by molar-refractivity contribution is -0.137. The summed E-state index contributed by atoms with van der Waals surface area (Å²) in [4.78, 5) is 0. The van der Waals surface area contributed by atoms with E-state index in [0.29, 0.717) is 6.54 Å². The van der Waals surface area contributed by atoms with Crippen LogP contribution in [0.25, 0.3) is 0 Å². The van der Waals surface area contributed by atoms with Crippen molar-refractivity contribution in [2.75, 3.05) is 5.32 Å². The van der Waals surface area contributed by atoms with Crippen LogP contribution in [0, 0.1) is 6.92 Å². The summed E-state index contributed by atoms with van der Waals surface area (Å²) in [5, 5.41) is 12.5. The molecule has 2 aromatic carbocycles. The van der Waals surface area contributed by atoms with Crippen LogP contribution in [-0.2, 0) is 12.7 Å². The van der Waals surface area contributed by atoms with E-state index in [1.807, 2.05) is 0 Å². The molecule has 0 fully saturated rings. The number of hydrogen-bond donors (Lipinski definition) is 2. The van der Waals surface area contributed by atoms with Gasteiger partial charge in [-0.25, -0.2) is 0 Å². The highest BCUT2D eigenvalue weighted by molar-refractivity contribution is 5.50. The first-order valence-electron chi connectivity index (χ1n) is 6.06. The van der Waals surface area contributed by atoms with Gasteiger partial charge in [-0.15, -0.1) is 0 Å².